The Morgan fingerprint density at radius 3 is 2.43 bits per heavy atom. The fourth-order valence-corrected chi connectivity index (χ4v) is 2.47. The van der Waals surface area contributed by atoms with Gasteiger partial charge in [0.1, 0.15) is 6.04 Å². The Kier molecular flexibility index (Phi) is 8.91. The Labute approximate surface area is 142 Å². The van der Waals surface area contributed by atoms with Gasteiger partial charge in [-0.15, -0.1) is 11.6 Å². The Balaban J connectivity index is 3.01. The van der Waals surface area contributed by atoms with Crippen molar-refractivity contribution in [1.29, 1.82) is 0 Å². The van der Waals surface area contributed by atoms with Gasteiger partial charge in [0.05, 0.1) is 24.7 Å². The van der Waals surface area contributed by atoms with E-state index in [9.17, 15) is 9.90 Å². The number of hydroxylamine groups is 2. The van der Waals surface area contributed by atoms with E-state index in [0.717, 1.165) is 10.6 Å². The lowest BCUT2D eigenvalue weighted by molar-refractivity contribution is -0.180. The van der Waals surface area contributed by atoms with Crippen LogP contribution in [0.4, 0.5) is 4.79 Å². The number of amides is 1. The van der Waals surface area contributed by atoms with Crippen LogP contribution in [-0.4, -0.2) is 46.6 Å². The van der Waals surface area contributed by atoms with Crippen LogP contribution in [0.2, 0.25) is 0 Å². The second kappa shape index (κ2) is 10.4. The van der Waals surface area contributed by atoms with E-state index in [1.165, 1.54) is 0 Å². The molecule has 0 aliphatic carbocycles. The highest BCUT2D eigenvalue weighted by Gasteiger charge is 2.36. The lowest BCUT2D eigenvalue weighted by atomic mass is 10.0. The minimum absolute atomic E-state index is 0.277. The van der Waals surface area contributed by atoms with Crippen molar-refractivity contribution in [3.8, 4) is 0 Å². The van der Waals surface area contributed by atoms with Crippen molar-refractivity contribution in [3.63, 3.8) is 0 Å². The quantitative estimate of drug-likeness (QED) is 0.549. The number of halogens is 1. The highest BCUT2D eigenvalue weighted by atomic mass is 35.5. The van der Waals surface area contributed by atoms with Gasteiger partial charge in [0, 0.05) is 12.4 Å². The van der Waals surface area contributed by atoms with Gasteiger partial charge in [0.2, 0.25) is 0 Å². The second-order valence-corrected chi connectivity index (χ2v) is 5.66. The average Bonchev–Trinajstić information content (AvgIpc) is 2.56. The Morgan fingerprint density at radius 1 is 1.30 bits per heavy atom. The van der Waals surface area contributed by atoms with E-state index >= 15 is 0 Å². The number of carbonyl (C=O) groups excluding carboxylic acids is 1. The molecule has 3 unspecified atom stereocenters. The predicted molar refractivity (Wildman–Crippen MR) is 88.0 cm³/mol. The molecule has 0 aliphatic heterocycles. The number of nitrogens with zero attached hydrogens (tertiary/aromatic N) is 2. The first-order chi connectivity index (χ1) is 11.0. The summed E-state index contributed by atoms with van der Waals surface area (Å²) in [7, 11) is 0. The molecule has 130 valence electrons. The molecule has 1 rings (SSSR count). The third kappa shape index (κ3) is 5.97. The molecule has 23 heavy (non-hydrogen) atoms. The summed E-state index contributed by atoms with van der Waals surface area (Å²) in [6.07, 6.45) is 3.07. The monoisotopic (exact) mass is 344 g/mol. The zero-order valence-electron chi connectivity index (χ0n) is 13.8. The zero-order chi connectivity index (χ0) is 17.2. The van der Waals surface area contributed by atoms with Crippen LogP contribution >= 0.6 is 11.6 Å². The molecule has 0 saturated carbocycles. The standard InChI is InChI=1S/C16H25ClN2O4/c1-4-10-22-16(21)19(23-11-5-2)15(12(3)20)14(17)13-6-8-18-9-7-13/h6-9,12,14-15,20H,4-5,10-11H2,1-3H3. The van der Waals surface area contributed by atoms with Gasteiger partial charge in [-0.2, -0.15) is 5.06 Å². The highest BCUT2D eigenvalue weighted by Crippen LogP contribution is 2.30. The van der Waals surface area contributed by atoms with Gasteiger partial charge in [-0.05, 0) is 37.5 Å². The number of carbonyl (C=O) groups is 1. The van der Waals surface area contributed by atoms with Crippen LogP contribution < -0.4 is 0 Å². The first-order valence-electron chi connectivity index (χ1n) is 7.83. The smallest absolute Gasteiger partial charge is 0.434 e. The third-order valence-electron chi connectivity index (χ3n) is 3.13. The second-order valence-electron chi connectivity index (χ2n) is 5.19. The van der Waals surface area contributed by atoms with Crippen molar-refractivity contribution in [1.82, 2.24) is 10.0 Å². The molecule has 0 saturated heterocycles. The van der Waals surface area contributed by atoms with Gasteiger partial charge >= 0.3 is 6.09 Å². The number of aromatic nitrogens is 1. The summed E-state index contributed by atoms with van der Waals surface area (Å²) in [4.78, 5) is 21.7. The van der Waals surface area contributed by atoms with Crippen molar-refractivity contribution < 1.29 is 19.5 Å². The van der Waals surface area contributed by atoms with Crippen LogP contribution in [0.25, 0.3) is 0 Å². The molecule has 6 nitrogen and oxygen atoms in total. The molecule has 0 radical (unpaired) electrons. The van der Waals surface area contributed by atoms with E-state index in [4.69, 9.17) is 21.2 Å². The molecule has 1 aromatic rings. The van der Waals surface area contributed by atoms with Crippen molar-refractivity contribution in [3.05, 3.63) is 30.1 Å². The number of aliphatic hydroxyl groups excluding tert-OH is 1. The van der Waals surface area contributed by atoms with Crippen molar-refractivity contribution >= 4 is 17.7 Å². The summed E-state index contributed by atoms with van der Waals surface area (Å²) in [5.41, 5.74) is 0.737. The zero-order valence-corrected chi connectivity index (χ0v) is 14.6. The molecular formula is C16H25ClN2O4. The van der Waals surface area contributed by atoms with Crippen LogP contribution in [0.3, 0.4) is 0 Å². The Bertz CT molecular complexity index is 459. The molecular weight excluding hydrogens is 320 g/mol. The van der Waals surface area contributed by atoms with E-state index < -0.39 is 23.6 Å². The normalized spacial score (nSPS) is 14.8. The maximum Gasteiger partial charge on any atom is 0.434 e. The van der Waals surface area contributed by atoms with Gasteiger partial charge in [0.15, 0.2) is 0 Å². The number of alkyl halides is 1. The molecule has 0 aromatic carbocycles. The number of ether oxygens (including phenoxy) is 1. The molecule has 3 atom stereocenters. The number of rotatable bonds is 9. The number of hydrogen-bond donors (Lipinski definition) is 1. The fourth-order valence-electron chi connectivity index (χ4n) is 2.01. The number of aliphatic hydroxyl groups is 1. The van der Waals surface area contributed by atoms with Gasteiger partial charge in [-0.1, -0.05) is 13.8 Å². The van der Waals surface area contributed by atoms with Crippen molar-refractivity contribution in [2.75, 3.05) is 13.2 Å². The minimum Gasteiger partial charge on any atom is -0.448 e. The van der Waals surface area contributed by atoms with Crippen LogP contribution in [0.1, 0.15) is 44.6 Å². The van der Waals surface area contributed by atoms with E-state index in [1.54, 1.807) is 31.5 Å². The first-order valence-corrected chi connectivity index (χ1v) is 8.27. The molecule has 0 aliphatic rings. The minimum atomic E-state index is -0.906. The number of pyridine rings is 1. The topological polar surface area (TPSA) is 71.9 Å². The van der Waals surface area contributed by atoms with Crippen LogP contribution in [0.5, 0.6) is 0 Å². The molecule has 1 amide bonds. The van der Waals surface area contributed by atoms with E-state index in [1.807, 2.05) is 13.8 Å². The third-order valence-corrected chi connectivity index (χ3v) is 3.64. The van der Waals surface area contributed by atoms with Crippen LogP contribution in [0, 0.1) is 0 Å². The van der Waals surface area contributed by atoms with Crippen LogP contribution in [0.15, 0.2) is 24.5 Å². The van der Waals surface area contributed by atoms with E-state index in [0.29, 0.717) is 19.4 Å². The predicted octanol–water partition coefficient (Wildman–Crippen LogP) is 3.30. The summed E-state index contributed by atoms with van der Waals surface area (Å²) in [5.74, 6) is 0. The van der Waals surface area contributed by atoms with Gasteiger partial charge in [-0.3, -0.25) is 9.82 Å². The molecule has 1 heterocycles. The Morgan fingerprint density at radius 2 is 1.91 bits per heavy atom. The summed E-state index contributed by atoms with van der Waals surface area (Å²) in [6.45, 7) is 5.99. The maximum absolute atomic E-state index is 12.3. The molecule has 1 N–H and O–H groups in total. The number of hydrogen-bond acceptors (Lipinski definition) is 5. The lowest BCUT2D eigenvalue weighted by Crippen LogP contribution is -2.48. The SMILES string of the molecule is CCCOC(=O)N(OCCC)C(C(C)O)C(Cl)c1ccncc1. The van der Waals surface area contributed by atoms with Crippen LogP contribution in [-0.2, 0) is 9.57 Å². The first kappa shape index (κ1) is 19.7. The largest absolute Gasteiger partial charge is 0.448 e. The van der Waals surface area contributed by atoms with Gasteiger partial charge < -0.3 is 9.84 Å². The average molecular weight is 345 g/mol. The fraction of sp³-hybridized carbons (Fsp3) is 0.625. The van der Waals surface area contributed by atoms with E-state index in [2.05, 4.69) is 4.98 Å². The van der Waals surface area contributed by atoms with Crippen molar-refractivity contribution in [2.45, 2.75) is 51.1 Å². The van der Waals surface area contributed by atoms with E-state index in [-0.39, 0.29) is 6.61 Å². The summed E-state index contributed by atoms with van der Waals surface area (Å²) in [5, 5.41) is 10.6. The Hall–Kier alpha value is -1.37. The summed E-state index contributed by atoms with van der Waals surface area (Å²) in [6, 6.07) is 2.69. The molecule has 0 spiro atoms. The highest BCUT2D eigenvalue weighted by molar-refractivity contribution is 6.21. The van der Waals surface area contributed by atoms with Crippen molar-refractivity contribution in [2.24, 2.45) is 0 Å². The lowest BCUT2D eigenvalue weighted by Gasteiger charge is -2.34. The molecule has 1 aromatic heterocycles. The van der Waals surface area contributed by atoms with Gasteiger partial charge in [-0.25, -0.2) is 4.79 Å². The summed E-state index contributed by atoms with van der Waals surface area (Å²) >= 11 is 6.50. The molecule has 0 bridgehead atoms. The molecule has 0 fully saturated rings. The molecule has 7 heteroatoms. The van der Waals surface area contributed by atoms with Gasteiger partial charge in [0.25, 0.3) is 0 Å². The summed E-state index contributed by atoms with van der Waals surface area (Å²) < 4.78 is 5.15. The maximum atomic E-state index is 12.3.